The molecule has 0 aromatic heterocycles. The molecule has 0 bridgehead atoms. The zero-order chi connectivity index (χ0) is 14.3. The van der Waals surface area contributed by atoms with Crippen LogP contribution in [-0.2, 0) is 16.0 Å². The number of aryl methyl sites for hydroxylation is 1. The van der Waals surface area contributed by atoms with E-state index < -0.39 is 0 Å². The lowest BCUT2D eigenvalue weighted by atomic mass is 10.0. The average molecular weight is 269 g/mol. The van der Waals surface area contributed by atoms with Gasteiger partial charge in [0.05, 0.1) is 6.04 Å². The van der Waals surface area contributed by atoms with E-state index in [2.05, 4.69) is 0 Å². The second kappa shape index (κ2) is 4.71. The van der Waals surface area contributed by atoms with Crippen molar-refractivity contribution in [3.05, 3.63) is 47.0 Å². The topological polar surface area (TPSA) is 54.5 Å². The molecule has 0 fully saturated rings. The Balaban J connectivity index is 1.98. The summed E-state index contributed by atoms with van der Waals surface area (Å²) >= 11 is 0. The normalized spacial score (nSPS) is 20.6. The molecule has 1 aliphatic carbocycles. The number of fused-ring (bicyclic) bond motifs is 1. The summed E-state index contributed by atoms with van der Waals surface area (Å²) in [5.74, 6) is -0.448. The summed E-state index contributed by atoms with van der Waals surface area (Å²) < 4.78 is 0. The fourth-order valence-electron chi connectivity index (χ4n) is 2.95. The highest BCUT2D eigenvalue weighted by molar-refractivity contribution is 6.13. The SMILES string of the molecule is CCC(=O)c1ccc2c(c1)[C@@H](N1C(=O)C=CC1=O)CC2. The van der Waals surface area contributed by atoms with Crippen molar-refractivity contribution >= 4 is 17.6 Å². The first-order valence-corrected chi connectivity index (χ1v) is 6.83. The first-order chi connectivity index (χ1) is 9.61. The van der Waals surface area contributed by atoms with Gasteiger partial charge in [0.2, 0.25) is 0 Å². The molecule has 0 unspecified atom stereocenters. The second-order valence-electron chi connectivity index (χ2n) is 5.12. The minimum Gasteiger partial charge on any atom is -0.294 e. The van der Waals surface area contributed by atoms with E-state index in [-0.39, 0.29) is 23.6 Å². The number of nitrogens with zero attached hydrogens (tertiary/aromatic N) is 1. The van der Waals surface area contributed by atoms with Crippen LogP contribution in [-0.4, -0.2) is 22.5 Å². The molecular formula is C16H15NO3. The Hall–Kier alpha value is -2.23. The standard InChI is InChI=1S/C16H15NO3/c1-2-14(18)11-4-3-10-5-6-13(12(10)9-11)17-15(19)7-8-16(17)20/h3-4,7-9,13H,2,5-6H2,1H3/t13-/m0/s1. The Labute approximate surface area is 117 Å². The van der Waals surface area contributed by atoms with Gasteiger partial charge in [-0.25, -0.2) is 0 Å². The number of amides is 2. The van der Waals surface area contributed by atoms with Crippen molar-refractivity contribution in [1.82, 2.24) is 4.90 Å². The number of carbonyl (C=O) groups is 3. The third kappa shape index (κ3) is 1.88. The van der Waals surface area contributed by atoms with Crippen LogP contribution in [0, 0.1) is 0 Å². The van der Waals surface area contributed by atoms with Gasteiger partial charge in [-0.15, -0.1) is 0 Å². The van der Waals surface area contributed by atoms with Gasteiger partial charge >= 0.3 is 0 Å². The zero-order valence-corrected chi connectivity index (χ0v) is 11.3. The van der Waals surface area contributed by atoms with Gasteiger partial charge in [0.25, 0.3) is 11.8 Å². The maximum absolute atomic E-state index is 11.8. The first kappa shape index (κ1) is 12.8. The van der Waals surface area contributed by atoms with E-state index in [9.17, 15) is 14.4 Å². The highest BCUT2D eigenvalue weighted by Crippen LogP contribution is 2.37. The van der Waals surface area contributed by atoms with Gasteiger partial charge in [-0.3, -0.25) is 19.3 Å². The van der Waals surface area contributed by atoms with Gasteiger partial charge < -0.3 is 0 Å². The number of Topliss-reactive ketones (excluding diaryl/α,β-unsaturated/α-hetero) is 1. The molecule has 0 spiro atoms. The summed E-state index contributed by atoms with van der Waals surface area (Å²) in [4.78, 5) is 36.7. The van der Waals surface area contributed by atoms with Crippen LogP contribution in [0.2, 0.25) is 0 Å². The Morgan fingerprint density at radius 2 is 1.95 bits per heavy atom. The number of rotatable bonds is 3. The molecule has 1 heterocycles. The first-order valence-electron chi connectivity index (χ1n) is 6.83. The quantitative estimate of drug-likeness (QED) is 0.624. The summed E-state index contributed by atoms with van der Waals surface area (Å²) in [6, 6.07) is 5.39. The van der Waals surface area contributed by atoms with E-state index in [0.717, 1.165) is 24.0 Å². The van der Waals surface area contributed by atoms with Crippen LogP contribution in [0.3, 0.4) is 0 Å². The van der Waals surface area contributed by atoms with Gasteiger partial charge in [0, 0.05) is 24.1 Å². The summed E-state index contributed by atoms with van der Waals surface area (Å²) in [6.45, 7) is 1.82. The van der Waals surface area contributed by atoms with Crippen LogP contribution in [0.5, 0.6) is 0 Å². The van der Waals surface area contributed by atoms with E-state index >= 15 is 0 Å². The van der Waals surface area contributed by atoms with Crippen molar-refractivity contribution in [3.8, 4) is 0 Å². The van der Waals surface area contributed by atoms with Gasteiger partial charge in [-0.1, -0.05) is 19.1 Å². The maximum atomic E-state index is 11.8. The minimum atomic E-state index is -0.264. The van der Waals surface area contributed by atoms with Crippen molar-refractivity contribution in [3.63, 3.8) is 0 Å². The highest BCUT2D eigenvalue weighted by atomic mass is 16.2. The van der Waals surface area contributed by atoms with Crippen LogP contribution < -0.4 is 0 Å². The lowest BCUT2D eigenvalue weighted by Gasteiger charge is -2.23. The predicted molar refractivity (Wildman–Crippen MR) is 73.1 cm³/mol. The van der Waals surface area contributed by atoms with Gasteiger partial charge in [-0.05, 0) is 30.0 Å². The van der Waals surface area contributed by atoms with Crippen molar-refractivity contribution in [2.45, 2.75) is 32.2 Å². The minimum absolute atomic E-state index is 0.0793. The van der Waals surface area contributed by atoms with Gasteiger partial charge in [-0.2, -0.15) is 0 Å². The van der Waals surface area contributed by atoms with Crippen LogP contribution in [0.25, 0.3) is 0 Å². The highest BCUT2D eigenvalue weighted by Gasteiger charge is 2.36. The summed E-state index contributed by atoms with van der Waals surface area (Å²) in [6.07, 6.45) is 4.63. The molecule has 2 amide bonds. The van der Waals surface area contributed by atoms with Crippen LogP contribution in [0.1, 0.15) is 47.3 Å². The predicted octanol–water partition coefficient (Wildman–Crippen LogP) is 2.19. The zero-order valence-electron chi connectivity index (χ0n) is 11.3. The van der Waals surface area contributed by atoms with Crippen molar-refractivity contribution in [2.24, 2.45) is 0 Å². The third-order valence-corrected chi connectivity index (χ3v) is 3.99. The largest absolute Gasteiger partial charge is 0.294 e. The number of ketones is 1. The molecule has 4 nitrogen and oxygen atoms in total. The molecule has 3 rings (SSSR count). The third-order valence-electron chi connectivity index (χ3n) is 3.99. The van der Waals surface area contributed by atoms with Crippen molar-refractivity contribution in [1.29, 1.82) is 0 Å². The summed E-state index contributed by atoms with van der Waals surface area (Å²) in [5, 5.41) is 0. The van der Waals surface area contributed by atoms with E-state index in [0.29, 0.717) is 12.0 Å². The Kier molecular flexibility index (Phi) is 3.01. The molecule has 20 heavy (non-hydrogen) atoms. The molecular weight excluding hydrogens is 254 g/mol. The van der Waals surface area contributed by atoms with E-state index in [1.165, 1.54) is 17.1 Å². The monoisotopic (exact) mass is 269 g/mol. The molecule has 102 valence electrons. The molecule has 4 heteroatoms. The molecule has 1 aliphatic heterocycles. The molecule has 0 saturated carbocycles. The number of carbonyl (C=O) groups excluding carboxylic acids is 3. The van der Waals surface area contributed by atoms with Crippen LogP contribution in [0.15, 0.2) is 30.4 Å². The number of hydrogen-bond acceptors (Lipinski definition) is 3. The smallest absolute Gasteiger partial charge is 0.254 e. The average Bonchev–Trinajstić information content (AvgIpc) is 3.01. The Morgan fingerprint density at radius 3 is 2.60 bits per heavy atom. The molecule has 0 saturated heterocycles. The van der Waals surface area contributed by atoms with E-state index in [1.54, 1.807) is 0 Å². The van der Waals surface area contributed by atoms with Crippen molar-refractivity contribution < 1.29 is 14.4 Å². The molecule has 2 aliphatic rings. The number of imide groups is 1. The lowest BCUT2D eigenvalue weighted by molar-refractivity contribution is -0.139. The lowest BCUT2D eigenvalue weighted by Crippen LogP contribution is -2.33. The molecule has 0 radical (unpaired) electrons. The Morgan fingerprint density at radius 1 is 1.25 bits per heavy atom. The molecule has 1 aromatic rings. The number of benzene rings is 1. The molecule has 1 aromatic carbocycles. The fourth-order valence-corrected chi connectivity index (χ4v) is 2.95. The summed E-state index contributed by atoms with van der Waals surface area (Å²) in [7, 11) is 0. The maximum Gasteiger partial charge on any atom is 0.254 e. The van der Waals surface area contributed by atoms with Crippen LogP contribution >= 0.6 is 0 Å². The van der Waals surface area contributed by atoms with Gasteiger partial charge in [0.1, 0.15) is 0 Å². The molecule has 1 atom stereocenters. The number of hydrogen-bond donors (Lipinski definition) is 0. The van der Waals surface area contributed by atoms with Crippen molar-refractivity contribution in [2.75, 3.05) is 0 Å². The Bertz CT molecular complexity index is 627. The second-order valence-corrected chi connectivity index (χ2v) is 5.12. The van der Waals surface area contributed by atoms with E-state index in [4.69, 9.17) is 0 Å². The van der Waals surface area contributed by atoms with E-state index in [1.807, 2.05) is 25.1 Å². The summed E-state index contributed by atoms with van der Waals surface area (Å²) in [5.41, 5.74) is 2.72. The fraction of sp³-hybridized carbons (Fsp3) is 0.312. The van der Waals surface area contributed by atoms with Gasteiger partial charge in [0.15, 0.2) is 5.78 Å². The van der Waals surface area contributed by atoms with Crippen LogP contribution in [0.4, 0.5) is 0 Å². The molecule has 0 N–H and O–H groups in total.